The maximum Gasteiger partial charge on any atom is 0.387 e. The number of guanidine groups is 1. The van der Waals surface area contributed by atoms with Gasteiger partial charge in [-0.1, -0.05) is 12.1 Å². The number of halogens is 3. The summed E-state index contributed by atoms with van der Waals surface area (Å²) in [6.45, 7) is 1.55. The van der Waals surface area contributed by atoms with Crippen molar-refractivity contribution in [1.82, 2.24) is 10.6 Å². The number of benzene rings is 1. The molecule has 2 unspecified atom stereocenters. The van der Waals surface area contributed by atoms with Gasteiger partial charge >= 0.3 is 6.61 Å². The minimum Gasteiger partial charge on any atom is -0.435 e. The Morgan fingerprint density at radius 1 is 1.33 bits per heavy atom. The SMILES string of the molecule is CCNC(=NCC(O)c1ccc(OC(F)F)cc1)NCCC1CCCO1.I. The number of alkyl halides is 2. The Balaban J connectivity index is 0.00000364. The molecule has 1 aliphatic rings. The van der Waals surface area contributed by atoms with E-state index in [9.17, 15) is 13.9 Å². The van der Waals surface area contributed by atoms with Gasteiger partial charge in [-0.3, -0.25) is 4.99 Å². The predicted octanol–water partition coefficient (Wildman–Crippen LogP) is 3.06. The van der Waals surface area contributed by atoms with E-state index in [1.165, 1.54) is 12.1 Å². The van der Waals surface area contributed by atoms with Gasteiger partial charge in [0.25, 0.3) is 0 Å². The summed E-state index contributed by atoms with van der Waals surface area (Å²) in [4.78, 5) is 4.38. The van der Waals surface area contributed by atoms with Crippen LogP contribution in [0.25, 0.3) is 0 Å². The first-order valence-corrected chi connectivity index (χ1v) is 8.95. The monoisotopic (exact) mass is 499 g/mol. The molecule has 1 heterocycles. The Kier molecular flexibility index (Phi) is 11.5. The van der Waals surface area contributed by atoms with Crippen molar-refractivity contribution in [1.29, 1.82) is 0 Å². The van der Waals surface area contributed by atoms with Crippen LogP contribution in [0.4, 0.5) is 8.78 Å². The molecule has 6 nitrogen and oxygen atoms in total. The van der Waals surface area contributed by atoms with Gasteiger partial charge in [-0.05, 0) is 43.9 Å². The molecule has 0 aliphatic carbocycles. The van der Waals surface area contributed by atoms with Crippen LogP contribution in [0.15, 0.2) is 29.3 Å². The van der Waals surface area contributed by atoms with E-state index in [-0.39, 0.29) is 36.3 Å². The van der Waals surface area contributed by atoms with Crippen molar-refractivity contribution in [2.45, 2.75) is 45.0 Å². The number of ether oxygens (including phenoxy) is 2. The third-order valence-electron chi connectivity index (χ3n) is 4.04. The number of hydrogen-bond donors (Lipinski definition) is 3. The van der Waals surface area contributed by atoms with Gasteiger partial charge in [0.1, 0.15) is 5.75 Å². The third kappa shape index (κ3) is 9.02. The molecule has 0 spiro atoms. The zero-order valence-electron chi connectivity index (χ0n) is 15.4. The maximum atomic E-state index is 12.2. The first-order chi connectivity index (χ1) is 12.6. The average molecular weight is 499 g/mol. The number of aliphatic hydroxyl groups excluding tert-OH is 1. The third-order valence-corrected chi connectivity index (χ3v) is 4.04. The summed E-state index contributed by atoms with van der Waals surface area (Å²) in [5.74, 6) is 0.686. The standard InChI is InChI=1S/C18H27F2N3O3.HI/c1-2-21-18(22-10-9-14-4-3-11-25-14)23-12-16(24)13-5-7-15(8-6-13)26-17(19)20;/h5-8,14,16-17,24H,2-4,9-12H2,1H3,(H2,21,22,23);1H. The van der Waals surface area contributed by atoms with E-state index in [0.717, 1.165) is 32.4 Å². The van der Waals surface area contributed by atoms with Crippen molar-refractivity contribution in [3.8, 4) is 5.75 Å². The molecule has 2 atom stereocenters. The van der Waals surface area contributed by atoms with Crippen LogP contribution in [0.2, 0.25) is 0 Å². The van der Waals surface area contributed by atoms with E-state index in [1.54, 1.807) is 12.1 Å². The summed E-state index contributed by atoms with van der Waals surface area (Å²) in [7, 11) is 0. The number of aliphatic hydroxyl groups is 1. The highest BCUT2D eigenvalue weighted by Gasteiger charge is 2.15. The van der Waals surface area contributed by atoms with Crippen LogP contribution in [0.3, 0.4) is 0 Å². The van der Waals surface area contributed by atoms with Gasteiger partial charge in [0, 0.05) is 19.7 Å². The number of aliphatic imine (C=N–C) groups is 1. The van der Waals surface area contributed by atoms with E-state index in [0.29, 0.717) is 24.2 Å². The summed E-state index contributed by atoms with van der Waals surface area (Å²) < 4.78 is 34.2. The molecule has 9 heteroatoms. The Labute approximate surface area is 175 Å². The molecule has 0 radical (unpaired) electrons. The van der Waals surface area contributed by atoms with Gasteiger partial charge in [0.15, 0.2) is 5.96 Å². The smallest absolute Gasteiger partial charge is 0.387 e. The van der Waals surface area contributed by atoms with Crippen LogP contribution in [0.5, 0.6) is 5.75 Å². The number of nitrogens with one attached hydrogen (secondary N) is 2. The summed E-state index contributed by atoms with van der Waals surface area (Å²) >= 11 is 0. The Morgan fingerprint density at radius 2 is 2.07 bits per heavy atom. The molecule has 0 aromatic heterocycles. The zero-order chi connectivity index (χ0) is 18.8. The van der Waals surface area contributed by atoms with Crippen LogP contribution in [-0.2, 0) is 4.74 Å². The fourth-order valence-corrected chi connectivity index (χ4v) is 2.72. The number of rotatable bonds is 9. The molecule has 1 aromatic carbocycles. The minimum atomic E-state index is -2.86. The molecule has 0 bridgehead atoms. The van der Waals surface area contributed by atoms with Crippen LogP contribution in [0.1, 0.15) is 37.9 Å². The molecule has 2 rings (SSSR count). The first kappa shape index (κ1) is 23.8. The van der Waals surface area contributed by atoms with Crippen molar-refractivity contribution in [3.05, 3.63) is 29.8 Å². The van der Waals surface area contributed by atoms with Crippen molar-refractivity contribution < 1.29 is 23.4 Å². The van der Waals surface area contributed by atoms with Crippen molar-refractivity contribution in [2.75, 3.05) is 26.2 Å². The van der Waals surface area contributed by atoms with Gasteiger partial charge in [-0.2, -0.15) is 8.78 Å². The molecule has 1 saturated heterocycles. The zero-order valence-corrected chi connectivity index (χ0v) is 17.7. The molecule has 1 aromatic rings. The predicted molar refractivity (Wildman–Crippen MR) is 111 cm³/mol. The molecule has 154 valence electrons. The summed E-state index contributed by atoms with van der Waals surface area (Å²) in [6.07, 6.45) is 2.61. The minimum absolute atomic E-state index is 0. The summed E-state index contributed by atoms with van der Waals surface area (Å²) in [6, 6.07) is 5.91. The molecule has 27 heavy (non-hydrogen) atoms. The Bertz CT molecular complexity index is 555. The Hall–Kier alpha value is -1.20. The highest BCUT2D eigenvalue weighted by Crippen LogP contribution is 2.19. The van der Waals surface area contributed by atoms with Crippen molar-refractivity contribution >= 4 is 29.9 Å². The summed E-state index contributed by atoms with van der Waals surface area (Å²) in [5.41, 5.74) is 0.588. The first-order valence-electron chi connectivity index (χ1n) is 8.95. The van der Waals surface area contributed by atoms with Crippen LogP contribution >= 0.6 is 24.0 Å². The van der Waals surface area contributed by atoms with Crippen LogP contribution in [-0.4, -0.2) is 50.0 Å². The topological polar surface area (TPSA) is 75.1 Å². The second kappa shape index (κ2) is 13.1. The van der Waals surface area contributed by atoms with Crippen LogP contribution in [0, 0.1) is 0 Å². The van der Waals surface area contributed by atoms with Gasteiger partial charge in [0.2, 0.25) is 0 Å². The van der Waals surface area contributed by atoms with E-state index < -0.39 is 12.7 Å². The molecular formula is C18H28F2IN3O3. The fraction of sp³-hybridized carbons (Fsp3) is 0.611. The normalized spacial score (nSPS) is 18.1. The van der Waals surface area contributed by atoms with E-state index in [1.807, 2.05) is 6.92 Å². The fourth-order valence-electron chi connectivity index (χ4n) is 2.72. The van der Waals surface area contributed by atoms with E-state index >= 15 is 0 Å². The van der Waals surface area contributed by atoms with E-state index in [4.69, 9.17) is 4.74 Å². The highest BCUT2D eigenvalue weighted by atomic mass is 127. The van der Waals surface area contributed by atoms with Crippen molar-refractivity contribution in [3.63, 3.8) is 0 Å². The largest absolute Gasteiger partial charge is 0.435 e. The van der Waals surface area contributed by atoms with Gasteiger partial charge in [-0.25, -0.2) is 0 Å². The van der Waals surface area contributed by atoms with Crippen molar-refractivity contribution in [2.24, 2.45) is 4.99 Å². The quantitative estimate of drug-likeness (QED) is 0.277. The molecule has 1 fully saturated rings. The molecule has 1 aliphatic heterocycles. The molecule has 3 N–H and O–H groups in total. The second-order valence-electron chi connectivity index (χ2n) is 6.03. The summed E-state index contributed by atoms with van der Waals surface area (Å²) in [5, 5.41) is 16.6. The van der Waals surface area contributed by atoms with Gasteiger partial charge < -0.3 is 25.2 Å². The Morgan fingerprint density at radius 3 is 2.67 bits per heavy atom. The van der Waals surface area contributed by atoms with Gasteiger partial charge in [-0.15, -0.1) is 24.0 Å². The lowest BCUT2D eigenvalue weighted by molar-refractivity contribution is -0.0498. The maximum absolute atomic E-state index is 12.2. The number of nitrogens with zero attached hydrogens (tertiary/aromatic N) is 1. The molecule has 0 saturated carbocycles. The lowest BCUT2D eigenvalue weighted by Crippen LogP contribution is -2.38. The number of hydrogen-bond acceptors (Lipinski definition) is 4. The second-order valence-corrected chi connectivity index (χ2v) is 6.03. The van der Waals surface area contributed by atoms with Gasteiger partial charge in [0.05, 0.1) is 18.8 Å². The van der Waals surface area contributed by atoms with E-state index in [2.05, 4.69) is 20.4 Å². The lowest BCUT2D eigenvalue weighted by Gasteiger charge is -2.15. The highest BCUT2D eigenvalue weighted by molar-refractivity contribution is 14.0. The molecular weight excluding hydrogens is 471 g/mol. The molecule has 0 amide bonds. The average Bonchev–Trinajstić information content (AvgIpc) is 3.13. The van der Waals surface area contributed by atoms with Crippen LogP contribution < -0.4 is 15.4 Å². The lowest BCUT2D eigenvalue weighted by atomic mass is 10.1.